The molecule has 1 heterocycles. The second kappa shape index (κ2) is 9.14. The van der Waals surface area contributed by atoms with E-state index in [0.717, 1.165) is 11.3 Å². The summed E-state index contributed by atoms with van der Waals surface area (Å²) in [5.41, 5.74) is 1.33. The van der Waals surface area contributed by atoms with Crippen molar-refractivity contribution in [2.24, 2.45) is 0 Å². The van der Waals surface area contributed by atoms with E-state index in [0.29, 0.717) is 22.9 Å². The van der Waals surface area contributed by atoms with Crippen LogP contribution in [0.3, 0.4) is 0 Å². The van der Waals surface area contributed by atoms with Crippen LogP contribution in [0.1, 0.15) is 17.1 Å². The number of benzene rings is 2. The van der Waals surface area contributed by atoms with Crippen LogP contribution in [0.15, 0.2) is 59.0 Å². The maximum atomic E-state index is 13.2. The number of halogens is 1. The van der Waals surface area contributed by atoms with Crippen molar-refractivity contribution in [3.8, 4) is 11.5 Å². The van der Waals surface area contributed by atoms with Crippen molar-refractivity contribution in [3.05, 3.63) is 77.5 Å². The summed E-state index contributed by atoms with van der Waals surface area (Å²) >= 11 is 0. The zero-order valence-electron chi connectivity index (χ0n) is 16.6. The Labute approximate surface area is 168 Å². The van der Waals surface area contributed by atoms with Gasteiger partial charge in [0, 0.05) is 30.4 Å². The van der Waals surface area contributed by atoms with Gasteiger partial charge in [-0.15, -0.1) is 0 Å². The summed E-state index contributed by atoms with van der Waals surface area (Å²) in [4.78, 5) is 14.6. The molecule has 0 bridgehead atoms. The Hall–Kier alpha value is -3.48. The molecule has 0 aliphatic heterocycles. The summed E-state index contributed by atoms with van der Waals surface area (Å²) in [5, 5.41) is 2.86. The van der Waals surface area contributed by atoms with E-state index in [1.54, 1.807) is 49.5 Å². The van der Waals surface area contributed by atoms with Gasteiger partial charge in [-0.2, -0.15) is 0 Å². The van der Waals surface area contributed by atoms with E-state index < -0.39 is 0 Å². The molecule has 152 valence electrons. The van der Waals surface area contributed by atoms with Crippen molar-refractivity contribution < 1.29 is 23.1 Å². The second-order valence-corrected chi connectivity index (χ2v) is 6.53. The van der Waals surface area contributed by atoms with Gasteiger partial charge in [0.1, 0.15) is 28.8 Å². The zero-order chi connectivity index (χ0) is 20.8. The molecule has 2 aromatic carbocycles. The number of carbonyl (C=O) groups is 1. The molecule has 0 saturated heterocycles. The Balaban J connectivity index is 1.82. The molecular formula is C22H23FN2O4. The molecule has 0 aliphatic carbocycles. The molecule has 1 N–H and O–H groups in total. The number of ether oxygens (including phenoxy) is 2. The highest BCUT2D eigenvalue weighted by Gasteiger charge is 2.17. The number of rotatable bonds is 7. The van der Waals surface area contributed by atoms with Crippen LogP contribution in [-0.4, -0.2) is 25.2 Å². The fourth-order valence-electron chi connectivity index (χ4n) is 2.85. The molecule has 2 amide bonds. The minimum absolute atomic E-state index is 0.262. The molecule has 0 spiro atoms. The second-order valence-electron chi connectivity index (χ2n) is 6.53. The predicted octanol–water partition coefficient (Wildman–Crippen LogP) is 4.98. The number of anilines is 1. The first kappa shape index (κ1) is 20.3. The van der Waals surface area contributed by atoms with Crippen molar-refractivity contribution in [1.82, 2.24) is 4.90 Å². The number of carbonyl (C=O) groups excluding carboxylic acids is 1. The number of hydrogen-bond acceptors (Lipinski definition) is 4. The van der Waals surface area contributed by atoms with Gasteiger partial charge in [-0.3, -0.25) is 0 Å². The summed E-state index contributed by atoms with van der Waals surface area (Å²) in [5.74, 6) is 2.22. The Morgan fingerprint density at radius 3 is 2.21 bits per heavy atom. The minimum atomic E-state index is -0.335. The van der Waals surface area contributed by atoms with Gasteiger partial charge in [0.2, 0.25) is 0 Å². The number of nitrogens with one attached hydrogen (secondary N) is 1. The van der Waals surface area contributed by atoms with E-state index in [9.17, 15) is 9.18 Å². The highest BCUT2D eigenvalue weighted by molar-refractivity contribution is 5.89. The highest BCUT2D eigenvalue weighted by Crippen LogP contribution is 2.26. The fraction of sp³-hybridized carbons (Fsp3) is 0.227. The van der Waals surface area contributed by atoms with Crippen LogP contribution in [0.4, 0.5) is 14.9 Å². The first-order chi connectivity index (χ1) is 14.0. The lowest BCUT2D eigenvalue weighted by Crippen LogP contribution is -2.34. The van der Waals surface area contributed by atoms with Crippen LogP contribution < -0.4 is 14.8 Å². The zero-order valence-corrected chi connectivity index (χ0v) is 16.6. The van der Waals surface area contributed by atoms with Gasteiger partial charge in [0.25, 0.3) is 0 Å². The largest absolute Gasteiger partial charge is 0.497 e. The molecule has 6 nitrogen and oxygen atoms in total. The Kier molecular flexibility index (Phi) is 6.39. The monoisotopic (exact) mass is 398 g/mol. The topological polar surface area (TPSA) is 63.9 Å². The van der Waals surface area contributed by atoms with Crippen LogP contribution in [0.25, 0.3) is 0 Å². The molecule has 0 unspecified atom stereocenters. The van der Waals surface area contributed by atoms with Crippen LogP contribution >= 0.6 is 0 Å². The molecule has 0 atom stereocenters. The molecule has 1 aromatic heterocycles. The number of methoxy groups -OCH3 is 2. The molecule has 0 radical (unpaired) electrons. The summed E-state index contributed by atoms with van der Waals surface area (Å²) < 4.78 is 29.4. The van der Waals surface area contributed by atoms with Crippen LogP contribution in [-0.2, 0) is 13.1 Å². The first-order valence-corrected chi connectivity index (χ1v) is 9.05. The Bertz CT molecular complexity index is 947. The van der Waals surface area contributed by atoms with Gasteiger partial charge >= 0.3 is 6.03 Å². The SMILES string of the molecule is COc1cc(NC(=O)N(Cc2ccc(F)cc2)Cc2ccc(C)o2)cc(OC)c1. The summed E-state index contributed by atoms with van der Waals surface area (Å²) in [6.45, 7) is 2.39. The highest BCUT2D eigenvalue weighted by atomic mass is 19.1. The molecule has 0 fully saturated rings. The van der Waals surface area contributed by atoms with Gasteiger partial charge in [0.15, 0.2) is 0 Å². The average molecular weight is 398 g/mol. The van der Waals surface area contributed by atoms with Gasteiger partial charge in [-0.05, 0) is 36.8 Å². The first-order valence-electron chi connectivity index (χ1n) is 9.05. The van der Waals surface area contributed by atoms with Gasteiger partial charge in [0.05, 0.1) is 20.8 Å². The number of aryl methyl sites for hydroxylation is 1. The van der Waals surface area contributed by atoms with Gasteiger partial charge in [-0.1, -0.05) is 12.1 Å². The number of urea groups is 1. The third kappa shape index (κ3) is 5.51. The van der Waals surface area contributed by atoms with Crippen LogP contribution in [0, 0.1) is 12.7 Å². The van der Waals surface area contributed by atoms with E-state index in [4.69, 9.17) is 13.9 Å². The molecule has 0 aliphatic rings. The third-order valence-corrected chi connectivity index (χ3v) is 4.32. The Morgan fingerprint density at radius 2 is 1.66 bits per heavy atom. The molecular weight excluding hydrogens is 375 g/mol. The maximum absolute atomic E-state index is 13.2. The fourth-order valence-corrected chi connectivity index (χ4v) is 2.85. The van der Waals surface area contributed by atoms with E-state index in [2.05, 4.69) is 5.32 Å². The number of nitrogens with zero attached hydrogens (tertiary/aromatic N) is 1. The lowest BCUT2D eigenvalue weighted by Gasteiger charge is -2.23. The molecule has 3 rings (SSSR count). The quantitative estimate of drug-likeness (QED) is 0.610. The lowest BCUT2D eigenvalue weighted by molar-refractivity contribution is 0.201. The normalized spacial score (nSPS) is 10.5. The maximum Gasteiger partial charge on any atom is 0.322 e. The third-order valence-electron chi connectivity index (χ3n) is 4.32. The molecule has 29 heavy (non-hydrogen) atoms. The number of furan rings is 1. The summed E-state index contributed by atoms with van der Waals surface area (Å²) in [7, 11) is 3.08. The minimum Gasteiger partial charge on any atom is -0.497 e. The van der Waals surface area contributed by atoms with Crippen LogP contribution in [0.5, 0.6) is 11.5 Å². The van der Waals surface area contributed by atoms with Crippen molar-refractivity contribution >= 4 is 11.7 Å². The standard InChI is InChI=1S/C22H23FN2O4/c1-15-4-9-19(29-15)14-25(13-16-5-7-17(23)8-6-16)22(26)24-18-10-20(27-2)12-21(11-18)28-3/h4-12H,13-14H2,1-3H3,(H,24,26). The van der Waals surface area contributed by atoms with Gasteiger partial charge < -0.3 is 24.1 Å². The summed E-state index contributed by atoms with van der Waals surface area (Å²) in [6.07, 6.45) is 0. The molecule has 0 saturated carbocycles. The van der Waals surface area contributed by atoms with Crippen LogP contribution in [0.2, 0.25) is 0 Å². The average Bonchev–Trinajstić information content (AvgIpc) is 3.13. The lowest BCUT2D eigenvalue weighted by atomic mass is 10.2. The van der Waals surface area contributed by atoms with Crippen molar-refractivity contribution in [3.63, 3.8) is 0 Å². The van der Waals surface area contributed by atoms with E-state index in [-0.39, 0.29) is 24.9 Å². The van der Waals surface area contributed by atoms with E-state index >= 15 is 0 Å². The smallest absolute Gasteiger partial charge is 0.322 e. The Morgan fingerprint density at radius 1 is 1.00 bits per heavy atom. The number of hydrogen-bond donors (Lipinski definition) is 1. The van der Waals surface area contributed by atoms with E-state index in [1.165, 1.54) is 12.1 Å². The van der Waals surface area contributed by atoms with Crippen molar-refractivity contribution in [2.75, 3.05) is 19.5 Å². The molecule has 7 heteroatoms. The summed E-state index contributed by atoms with van der Waals surface area (Å²) in [6, 6.07) is 14.5. The van der Waals surface area contributed by atoms with Crippen molar-refractivity contribution in [2.45, 2.75) is 20.0 Å². The molecule has 3 aromatic rings. The predicted molar refractivity (Wildman–Crippen MR) is 108 cm³/mol. The van der Waals surface area contributed by atoms with Gasteiger partial charge in [-0.25, -0.2) is 9.18 Å². The van der Waals surface area contributed by atoms with Crippen molar-refractivity contribution in [1.29, 1.82) is 0 Å². The number of amides is 2. The van der Waals surface area contributed by atoms with E-state index in [1.807, 2.05) is 19.1 Å².